The number of benzene rings is 3. The summed E-state index contributed by atoms with van der Waals surface area (Å²) < 4.78 is 12.2. The minimum absolute atomic E-state index is 0.0669. The Balaban J connectivity index is 1.72. The van der Waals surface area contributed by atoms with Crippen molar-refractivity contribution in [1.82, 2.24) is 25.2 Å². The molecule has 0 aliphatic carbocycles. The largest absolute Gasteiger partial charge is 0.497 e. The van der Waals surface area contributed by atoms with E-state index in [-0.39, 0.29) is 24.9 Å². The van der Waals surface area contributed by atoms with Gasteiger partial charge in [-0.25, -0.2) is 4.68 Å². The highest BCUT2D eigenvalue weighted by atomic mass is 16.5. The third kappa shape index (κ3) is 6.93. The van der Waals surface area contributed by atoms with Crippen LogP contribution in [0.1, 0.15) is 37.4 Å². The molecule has 0 aliphatic rings. The lowest BCUT2D eigenvalue weighted by atomic mass is 10.0. The van der Waals surface area contributed by atoms with Crippen LogP contribution in [-0.4, -0.2) is 52.5 Å². The molecule has 204 valence electrons. The molecule has 39 heavy (non-hydrogen) atoms. The summed E-state index contributed by atoms with van der Waals surface area (Å²) in [4.78, 5) is 29.4. The van der Waals surface area contributed by atoms with Gasteiger partial charge in [-0.1, -0.05) is 55.5 Å². The Kier molecular flexibility index (Phi) is 9.14. The van der Waals surface area contributed by atoms with E-state index < -0.39 is 6.04 Å². The Hall–Kier alpha value is -4.40. The summed E-state index contributed by atoms with van der Waals surface area (Å²) in [6.45, 7) is 4.87. The lowest BCUT2D eigenvalue weighted by Gasteiger charge is -2.32. The first-order valence-corrected chi connectivity index (χ1v) is 13.0. The van der Waals surface area contributed by atoms with Crippen LogP contribution >= 0.6 is 0 Å². The Labute approximate surface area is 228 Å². The second-order valence-electron chi connectivity index (χ2n) is 9.75. The van der Waals surface area contributed by atoms with E-state index in [0.29, 0.717) is 35.0 Å². The highest BCUT2D eigenvalue weighted by molar-refractivity contribution is 5.89. The van der Waals surface area contributed by atoms with Crippen LogP contribution in [0, 0.1) is 5.92 Å². The first-order valence-electron chi connectivity index (χ1n) is 13.0. The van der Waals surface area contributed by atoms with Crippen LogP contribution in [0.3, 0.4) is 0 Å². The van der Waals surface area contributed by atoms with Crippen LogP contribution in [0.15, 0.2) is 72.8 Å². The Morgan fingerprint density at radius 3 is 2.21 bits per heavy atom. The van der Waals surface area contributed by atoms with Crippen LogP contribution in [0.25, 0.3) is 11.0 Å². The van der Waals surface area contributed by atoms with E-state index in [2.05, 4.69) is 29.5 Å². The third-order valence-electron chi connectivity index (χ3n) is 6.55. The zero-order valence-corrected chi connectivity index (χ0v) is 22.8. The average Bonchev–Trinajstić information content (AvgIpc) is 3.35. The molecule has 1 unspecified atom stereocenters. The van der Waals surface area contributed by atoms with Gasteiger partial charge in [0.05, 0.1) is 19.7 Å². The van der Waals surface area contributed by atoms with Gasteiger partial charge in [-0.15, -0.1) is 5.10 Å². The van der Waals surface area contributed by atoms with Gasteiger partial charge in [0.2, 0.25) is 11.8 Å². The highest BCUT2D eigenvalue weighted by Crippen LogP contribution is 2.27. The van der Waals surface area contributed by atoms with Crippen LogP contribution in [-0.2, 0) is 22.7 Å². The molecule has 3 aromatic carbocycles. The van der Waals surface area contributed by atoms with Gasteiger partial charge in [0.15, 0.2) is 0 Å². The number of nitrogens with zero attached hydrogens (tertiary/aromatic N) is 4. The minimum atomic E-state index is -0.868. The van der Waals surface area contributed by atoms with Crippen molar-refractivity contribution in [3.63, 3.8) is 0 Å². The first kappa shape index (κ1) is 27.6. The van der Waals surface area contributed by atoms with Gasteiger partial charge in [0, 0.05) is 13.1 Å². The molecule has 1 aromatic heterocycles. The Morgan fingerprint density at radius 1 is 0.923 bits per heavy atom. The predicted molar refractivity (Wildman–Crippen MR) is 149 cm³/mol. The number of carbonyl (C=O) groups excluding carboxylic acids is 2. The van der Waals surface area contributed by atoms with Gasteiger partial charge in [-0.3, -0.25) is 9.59 Å². The summed E-state index contributed by atoms with van der Waals surface area (Å²) in [6.07, 6.45) is 0.832. The number of aromatic nitrogens is 3. The first-order chi connectivity index (χ1) is 18.9. The Bertz CT molecular complexity index is 1380. The maximum atomic E-state index is 14.0. The van der Waals surface area contributed by atoms with E-state index in [9.17, 15) is 9.59 Å². The van der Waals surface area contributed by atoms with E-state index in [1.165, 1.54) is 0 Å². The molecule has 4 rings (SSSR count). The predicted octanol–water partition coefficient (Wildman–Crippen LogP) is 4.38. The second kappa shape index (κ2) is 12.9. The molecule has 1 N–H and O–H groups in total. The fraction of sp³-hybridized carbons (Fsp3) is 0.333. The van der Waals surface area contributed by atoms with Gasteiger partial charge in [-0.05, 0) is 59.9 Å². The summed E-state index contributed by atoms with van der Waals surface area (Å²) in [5, 5.41) is 11.4. The van der Waals surface area contributed by atoms with E-state index in [1.54, 1.807) is 35.9 Å². The molecule has 2 amide bonds. The van der Waals surface area contributed by atoms with E-state index in [0.717, 1.165) is 17.5 Å². The van der Waals surface area contributed by atoms with Gasteiger partial charge in [0.25, 0.3) is 0 Å². The quantitative estimate of drug-likeness (QED) is 0.292. The van der Waals surface area contributed by atoms with Crippen LogP contribution in [0.4, 0.5) is 0 Å². The molecule has 1 atom stereocenters. The molecule has 0 radical (unpaired) electrons. The lowest BCUT2D eigenvalue weighted by molar-refractivity contribution is -0.142. The number of fused-ring (bicyclic) bond motifs is 1. The van der Waals surface area contributed by atoms with Crippen molar-refractivity contribution in [2.24, 2.45) is 5.92 Å². The molecule has 0 fully saturated rings. The fourth-order valence-corrected chi connectivity index (χ4v) is 4.34. The van der Waals surface area contributed by atoms with Gasteiger partial charge in [-0.2, -0.15) is 0 Å². The number of rotatable bonds is 12. The second-order valence-corrected chi connectivity index (χ2v) is 9.75. The molecule has 0 aliphatic heterocycles. The molecule has 4 aromatic rings. The highest BCUT2D eigenvalue weighted by Gasteiger charge is 2.32. The van der Waals surface area contributed by atoms with Crippen molar-refractivity contribution in [2.45, 2.75) is 39.4 Å². The maximum Gasteiger partial charge on any atom is 0.247 e. The number of carbonyl (C=O) groups is 2. The van der Waals surface area contributed by atoms with Gasteiger partial charge >= 0.3 is 0 Å². The molecule has 0 saturated heterocycles. The number of hydrogen-bond acceptors (Lipinski definition) is 6. The molecule has 9 heteroatoms. The van der Waals surface area contributed by atoms with Crippen molar-refractivity contribution in [3.8, 4) is 11.5 Å². The van der Waals surface area contributed by atoms with Crippen molar-refractivity contribution >= 4 is 22.8 Å². The number of para-hydroxylation sites is 1. The van der Waals surface area contributed by atoms with Crippen LogP contribution in [0.2, 0.25) is 0 Å². The number of hydrogen-bond donors (Lipinski definition) is 1. The molecule has 0 saturated carbocycles. The molecule has 1 heterocycles. The van der Waals surface area contributed by atoms with Gasteiger partial charge < -0.3 is 19.7 Å². The third-order valence-corrected chi connectivity index (χ3v) is 6.55. The molecule has 0 bridgehead atoms. The molecule has 9 nitrogen and oxygen atoms in total. The van der Waals surface area contributed by atoms with E-state index in [1.807, 2.05) is 60.7 Å². The van der Waals surface area contributed by atoms with Crippen molar-refractivity contribution in [3.05, 3.63) is 83.9 Å². The van der Waals surface area contributed by atoms with Crippen LogP contribution < -0.4 is 14.8 Å². The summed E-state index contributed by atoms with van der Waals surface area (Å²) >= 11 is 0. The summed E-state index contributed by atoms with van der Waals surface area (Å²) in [6, 6.07) is 21.3. The van der Waals surface area contributed by atoms with E-state index >= 15 is 0 Å². The lowest BCUT2D eigenvalue weighted by Crippen LogP contribution is -2.45. The number of ether oxygens (including phenoxy) is 2. The van der Waals surface area contributed by atoms with Crippen molar-refractivity contribution < 1.29 is 19.1 Å². The van der Waals surface area contributed by atoms with Crippen molar-refractivity contribution in [1.29, 1.82) is 0 Å². The summed E-state index contributed by atoms with van der Waals surface area (Å²) in [7, 11) is 3.20. The molecule has 0 spiro atoms. The summed E-state index contributed by atoms with van der Waals surface area (Å²) in [5.41, 5.74) is 2.99. The zero-order chi connectivity index (χ0) is 27.8. The molecular formula is C30H35N5O4. The maximum absolute atomic E-state index is 14.0. The standard InChI is InChI=1S/C30H35N5O4/c1-21(2)17-18-31-30(37)29(23-11-15-25(39-4)16-12-23)34(19-22-9-13-24(38-3)14-10-22)28(36)20-35-27-8-6-5-7-26(27)32-33-35/h5-16,21,29H,17-20H2,1-4H3,(H,31,37). The zero-order valence-electron chi connectivity index (χ0n) is 22.8. The number of methoxy groups -OCH3 is 2. The van der Waals surface area contributed by atoms with Crippen LogP contribution in [0.5, 0.6) is 11.5 Å². The number of amides is 2. The summed E-state index contributed by atoms with van der Waals surface area (Å²) in [5.74, 6) is 1.30. The normalized spacial score (nSPS) is 11.8. The van der Waals surface area contributed by atoms with E-state index in [4.69, 9.17) is 9.47 Å². The smallest absolute Gasteiger partial charge is 0.247 e. The average molecular weight is 530 g/mol. The minimum Gasteiger partial charge on any atom is -0.497 e. The van der Waals surface area contributed by atoms with Crippen molar-refractivity contribution in [2.75, 3.05) is 20.8 Å². The topological polar surface area (TPSA) is 98.6 Å². The number of nitrogens with one attached hydrogen (secondary N) is 1. The Morgan fingerprint density at radius 2 is 1.56 bits per heavy atom. The fourth-order valence-electron chi connectivity index (χ4n) is 4.34. The molecular weight excluding hydrogens is 494 g/mol. The monoisotopic (exact) mass is 529 g/mol. The SMILES string of the molecule is COc1ccc(CN(C(=O)Cn2nnc3ccccc32)C(C(=O)NCCC(C)C)c2ccc(OC)cc2)cc1. The van der Waals surface area contributed by atoms with Gasteiger partial charge in [0.1, 0.15) is 29.6 Å².